The number of esters is 1. The van der Waals surface area contributed by atoms with E-state index in [1.807, 2.05) is 37.3 Å². The van der Waals surface area contributed by atoms with Crippen LogP contribution in [0.2, 0.25) is 0 Å². The number of benzene rings is 2. The smallest absolute Gasteiger partial charge is 0.343 e. The van der Waals surface area contributed by atoms with Crippen molar-refractivity contribution in [1.29, 1.82) is 0 Å². The number of nitrogens with one attached hydrogen (secondary N) is 1. The highest BCUT2D eigenvalue weighted by molar-refractivity contribution is 8.00. The van der Waals surface area contributed by atoms with Gasteiger partial charge in [0.1, 0.15) is 5.75 Å². The van der Waals surface area contributed by atoms with Crippen LogP contribution in [0.1, 0.15) is 12.5 Å². The third kappa shape index (κ3) is 6.60. The van der Waals surface area contributed by atoms with Crippen molar-refractivity contribution < 1.29 is 19.1 Å². The predicted octanol–water partition coefficient (Wildman–Crippen LogP) is 2.87. The van der Waals surface area contributed by atoms with Gasteiger partial charge in [-0.05, 0) is 48.9 Å². The lowest BCUT2D eigenvalue weighted by Crippen LogP contribution is -2.26. The fourth-order valence-corrected chi connectivity index (χ4v) is 2.75. The van der Waals surface area contributed by atoms with E-state index in [4.69, 9.17) is 4.74 Å². The van der Waals surface area contributed by atoms with Gasteiger partial charge in [-0.25, -0.2) is 10.2 Å². The summed E-state index contributed by atoms with van der Waals surface area (Å²) in [6.07, 6.45) is 1.54. The zero-order valence-corrected chi connectivity index (χ0v) is 15.4. The second-order valence-electron chi connectivity index (χ2n) is 5.24. The molecule has 0 aliphatic carbocycles. The quantitative estimate of drug-likeness (QED) is 0.334. The summed E-state index contributed by atoms with van der Waals surface area (Å²) in [6.45, 7) is 1.69. The lowest BCUT2D eigenvalue weighted by Gasteiger charge is -2.09. The minimum absolute atomic E-state index is 0.142. The molecular weight excluding hydrogens is 352 g/mol. The highest BCUT2D eigenvalue weighted by Gasteiger charge is 2.13. The molecule has 1 atom stereocenters. The number of hydrogen-bond donors (Lipinski definition) is 1. The Bertz CT molecular complexity index is 748. The summed E-state index contributed by atoms with van der Waals surface area (Å²) in [5.74, 6) is -0.0709. The van der Waals surface area contributed by atoms with Gasteiger partial charge in [0.2, 0.25) is 0 Å². The number of hydrazone groups is 1. The van der Waals surface area contributed by atoms with Gasteiger partial charge in [-0.3, -0.25) is 4.79 Å². The maximum absolute atomic E-state index is 12.1. The number of nitrogens with zero attached hydrogens (tertiary/aromatic N) is 1. The zero-order chi connectivity index (χ0) is 18.8. The van der Waals surface area contributed by atoms with E-state index in [2.05, 4.69) is 15.3 Å². The predicted molar refractivity (Wildman–Crippen MR) is 101 cm³/mol. The van der Waals surface area contributed by atoms with Crippen molar-refractivity contribution in [1.82, 2.24) is 5.43 Å². The molecule has 0 bridgehead atoms. The van der Waals surface area contributed by atoms with E-state index >= 15 is 0 Å². The SMILES string of the molecule is COC(=O)COc1ccc(/C=N\NC(=O)[C@@H](C)Sc2ccccc2)cc1. The van der Waals surface area contributed by atoms with Gasteiger partial charge in [0.05, 0.1) is 18.6 Å². The fraction of sp³-hybridized carbons (Fsp3) is 0.211. The number of carbonyl (C=O) groups excluding carboxylic acids is 2. The maximum Gasteiger partial charge on any atom is 0.343 e. The van der Waals surface area contributed by atoms with Gasteiger partial charge in [0.15, 0.2) is 6.61 Å². The minimum atomic E-state index is -0.444. The highest BCUT2D eigenvalue weighted by Crippen LogP contribution is 2.22. The van der Waals surface area contributed by atoms with Gasteiger partial charge in [-0.2, -0.15) is 5.10 Å². The molecule has 0 fully saturated rings. The molecular formula is C19H20N2O4S. The van der Waals surface area contributed by atoms with Crippen molar-refractivity contribution in [3.05, 3.63) is 60.2 Å². The Morgan fingerprint density at radius 1 is 1.15 bits per heavy atom. The molecule has 1 amide bonds. The zero-order valence-electron chi connectivity index (χ0n) is 14.5. The molecule has 0 spiro atoms. The molecule has 0 radical (unpaired) electrons. The number of rotatable bonds is 8. The Hall–Kier alpha value is -2.80. The number of hydrogen-bond acceptors (Lipinski definition) is 6. The van der Waals surface area contributed by atoms with Crippen molar-refractivity contribution in [2.24, 2.45) is 5.10 Å². The first-order valence-electron chi connectivity index (χ1n) is 7.93. The van der Waals surface area contributed by atoms with E-state index in [9.17, 15) is 9.59 Å². The van der Waals surface area contributed by atoms with Crippen LogP contribution in [0.3, 0.4) is 0 Å². The largest absolute Gasteiger partial charge is 0.482 e. The van der Waals surface area contributed by atoms with Crippen LogP contribution in [0, 0.1) is 0 Å². The van der Waals surface area contributed by atoms with E-state index in [1.54, 1.807) is 30.5 Å². The van der Waals surface area contributed by atoms with Crippen LogP contribution in [0.25, 0.3) is 0 Å². The third-order valence-electron chi connectivity index (χ3n) is 3.28. The maximum atomic E-state index is 12.1. The molecule has 0 aliphatic heterocycles. The molecule has 0 unspecified atom stereocenters. The van der Waals surface area contributed by atoms with Crippen LogP contribution >= 0.6 is 11.8 Å². The average Bonchev–Trinajstić information content (AvgIpc) is 2.67. The number of thioether (sulfide) groups is 1. The van der Waals surface area contributed by atoms with Gasteiger partial charge in [-0.15, -0.1) is 11.8 Å². The summed E-state index contributed by atoms with van der Waals surface area (Å²) in [7, 11) is 1.30. The molecule has 0 heterocycles. The summed E-state index contributed by atoms with van der Waals surface area (Å²) in [5, 5.41) is 3.71. The fourth-order valence-electron chi connectivity index (χ4n) is 1.87. The van der Waals surface area contributed by atoms with Crippen LogP contribution in [0.5, 0.6) is 5.75 Å². The molecule has 2 rings (SSSR count). The topological polar surface area (TPSA) is 77.0 Å². The monoisotopic (exact) mass is 372 g/mol. The van der Waals surface area contributed by atoms with Crippen LogP contribution in [-0.4, -0.2) is 37.1 Å². The van der Waals surface area contributed by atoms with Gasteiger partial charge >= 0.3 is 5.97 Å². The second-order valence-corrected chi connectivity index (χ2v) is 6.66. The van der Waals surface area contributed by atoms with Crippen molar-refractivity contribution >= 4 is 29.9 Å². The summed E-state index contributed by atoms with van der Waals surface area (Å²) in [6, 6.07) is 16.7. The van der Waals surface area contributed by atoms with Crippen LogP contribution in [0.15, 0.2) is 64.6 Å². The molecule has 2 aromatic carbocycles. The summed E-state index contributed by atoms with van der Waals surface area (Å²) >= 11 is 1.47. The van der Waals surface area contributed by atoms with Crippen molar-refractivity contribution in [2.45, 2.75) is 17.1 Å². The molecule has 0 saturated heterocycles. The first-order valence-corrected chi connectivity index (χ1v) is 8.81. The molecule has 136 valence electrons. The molecule has 1 N–H and O–H groups in total. The second kappa shape index (κ2) is 10.2. The van der Waals surface area contributed by atoms with E-state index in [0.29, 0.717) is 5.75 Å². The number of methoxy groups -OCH3 is 1. The molecule has 2 aromatic rings. The normalized spacial score (nSPS) is 11.8. The molecule has 0 aromatic heterocycles. The molecule has 0 saturated carbocycles. The highest BCUT2D eigenvalue weighted by atomic mass is 32.2. The molecule has 7 heteroatoms. The van der Waals surface area contributed by atoms with Crippen LogP contribution in [-0.2, 0) is 14.3 Å². The van der Waals surface area contributed by atoms with Crippen LogP contribution < -0.4 is 10.2 Å². The van der Waals surface area contributed by atoms with Crippen molar-refractivity contribution in [2.75, 3.05) is 13.7 Å². The summed E-state index contributed by atoms with van der Waals surface area (Å²) < 4.78 is 9.75. The van der Waals surface area contributed by atoms with Gasteiger partial charge in [-0.1, -0.05) is 18.2 Å². The molecule has 6 nitrogen and oxygen atoms in total. The number of amides is 1. The first kappa shape index (κ1) is 19.5. The summed E-state index contributed by atoms with van der Waals surface area (Å²) in [4.78, 5) is 24.1. The number of ether oxygens (including phenoxy) is 2. The lowest BCUT2D eigenvalue weighted by molar-refractivity contribution is -0.142. The lowest BCUT2D eigenvalue weighted by atomic mass is 10.2. The van der Waals surface area contributed by atoms with Gasteiger partial charge in [0.25, 0.3) is 5.91 Å². The standard InChI is InChI=1S/C19H20N2O4S/c1-14(26-17-6-4-3-5-7-17)19(23)21-20-12-15-8-10-16(11-9-15)25-13-18(22)24-2/h3-12,14H,13H2,1-2H3,(H,21,23)/b20-12-/t14-/m1/s1. The Kier molecular flexibility index (Phi) is 7.70. The van der Waals surface area contributed by atoms with Crippen molar-refractivity contribution in [3.63, 3.8) is 0 Å². The van der Waals surface area contributed by atoms with Crippen molar-refractivity contribution in [3.8, 4) is 5.75 Å². The van der Waals surface area contributed by atoms with E-state index < -0.39 is 5.97 Å². The Morgan fingerprint density at radius 2 is 1.85 bits per heavy atom. The molecule has 26 heavy (non-hydrogen) atoms. The van der Waals surface area contributed by atoms with E-state index in [-0.39, 0.29) is 17.8 Å². The Labute approximate surface area is 156 Å². The third-order valence-corrected chi connectivity index (χ3v) is 4.39. The van der Waals surface area contributed by atoms with Gasteiger partial charge < -0.3 is 9.47 Å². The molecule has 0 aliphatic rings. The van der Waals surface area contributed by atoms with E-state index in [0.717, 1.165) is 10.5 Å². The Morgan fingerprint density at radius 3 is 2.50 bits per heavy atom. The average molecular weight is 372 g/mol. The summed E-state index contributed by atoms with van der Waals surface area (Å²) in [5.41, 5.74) is 3.32. The van der Waals surface area contributed by atoms with Crippen LogP contribution in [0.4, 0.5) is 0 Å². The number of carbonyl (C=O) groups is 2. The first-order chi connectivity index (χ1) is 12.6. The Balaban J connectivity index is 1.80. The minimum Gasteiger partial charge on any atom is -0.482 e. The van der Waals surface area contributed by atoms with E-state index in [1.165, 1.54) is 18.9 Å². The van der Waals surface area contributed by atoms with Gasteiger partial charge in [0, 0.05) is 4.90 Å².